The Hall–Kier alpha value is -1.71. The minimum atomic E-state index is -0.282. The Morgan fingerprint density at radius 1 is 1.27 bits per heavy atom. The van der Waals surface area contributed by atoms with E-state index in [1.165, 1.54) is 6.92 Å². The van der Waals surface area contributed by atoms with Crippen molar-refractivity contribution in [3.8, 4) is 0 Å². The first-order valence-electron chi connectivity index (χ1n) is 9.72. The van der Waals surface area contributed by atoms with E-state index in [-0.39, 0.29) is 28.7 Å². The lowest BCUT2D eigenvalue weighted by Gasteiger charge is -2.57. The van der Waals surface area contributed by atoms with Gasteiger partial charge in [-0.15, -0.1) is 0 Å². The molecule has 0 radical (unpaired) electrons. The maximum Gasteiger partial charge on any atom is 0.302 e. The summed E-state index contributed by atoms with van der Waals surface area (Å²) in [5.74, 6) is 0.918. The van der Waals surface area contributed by atoms with Crippen LogP contribution >= 0.6 is 0 Å². The first-order valence-corrected chi connectivity index (χ1v) is 9.72. The molecular weight excluding hydrogens is 331 g/mol. The molecule has 3 nitrogen and oxygen atoms in total. The number of rotatable bonds is 1. The lowest BCUT2D eigenvalue weighted by Crippen LogP contribution is -2.51. The molecule has 140 valence electrons. The van der Waals surface area contributed by atoms with Crippen LogP contribution in [0.15, 0.2) is 35.7 Å². The molecule has 4 rings (SSSR count). The number of carbonyl (C=O) groups excluding carboxylic acids is 2. The first-order chi connectivity index (χ1) is 12.3. The van der Waals surface area contributed by atoms with Crippen molar-refractivity contribution < 1.29 is 18.7 Å². The largest absolute Gasteiger partial charge is 0.462 e. The Bertz CT molecular complexity index is 748. The molecule has 26 heavy (non-hydrogen) atoms. The van der Waals surface area contributed by atoms with Crippen molar-refractivity contribution in [3.63, 3.8) is 0 Å². The van der Waals surface area contributed by atoms with Gasteiger partial charge in [-0.2, -0.15) is 0 Å². The van der Waals surface area contributed by atoms with Crippen molar-refractivity contribution in [1.29, 1.82) is 0 Å². The maximum atomic E-state index is 13.8. The van der Waals surface area contributed by atoms with Gasteiger partial charge in [-0.1, -0.05) is 19.9 Å². The van der Waals surface area contributed by atoms with E-state index in [0.717, 1.165) is 31.3 Å². The maximum absolute atomic E-state index is 13.8. The third-order valence-electron chi connectivity index (χ3n) is 7.82. The van der Waals surface area contributed by atoms with Crippen molar-refractivity contribution in [1.82, 2.24) is 0 Å². The van der Waals surface area contributed by atoms with E-state index < -0.39 is 0 Å². The lowest BCUT2D eigenvalue weighted by atomic mass is 9.47. The fourth-order valence-corrected chi connectivity index (χ4v) is 6.58. The van der Waals surface area contributed by atoms with Crippen LogP contribution in [-0.4, -0.2) is 17.9 Å². The normalized spacial score (nSPS) is 45.6. The summed E-state index contributed by atoms with van der Waals surface area (Å²) < 4.78 is 19.5. The molecule has 0 amide bonds. The third-order valence-corrected chi connectivity index (χ3v) is 7.82. The van der Waals surface area contributed by atoms with Crippen LogP contribution in [0.5, 0.6) is 0 Å². The quantitative estimate of drug-likeness (QED) is 0.639. The summed E-state index contributed by atoms with van der Waals surface area (Å²) in [7, 11) is 0. The highest BCUT2D eigenvalue weighted by atomic mass is 19.1. The zero-order valence-electron chi connectivity index (χ0n) is 15.8. The molecule has 3 fully saturated rings. The van der Waals surface area contributed by atoms with Crippen molar-refractivity contribution >= 4 is 11.8 Å². The van der Waals surface area contributed by atoms with E-state index in [1.807, 2.05) is 6.08 Å². The number of carbonyl (C=O) groups is 2. The van der Waals surface area contributed by atoms with Crippen molar-refractivity contribution in [3.05, 3.63) is 35.7 Å². The van der Waals surface area contributed by atoms with E-state index in [4.69, 9.17) is 4.74 Å². The summed E-state index contributed by atoms with van der Waals surface area (Å²) >= 11 is 0. The number of esters is 1. The predicted octanol–water partition coefficient (Wildman–Crippen LogP) is 4.69. The summed E-state index contributed by atoms with van der Waals surface area (Å²) in [6, 6.07) is 0. The van der Waals surface area contributed by atoms with E-state index in [9.17, 15) is 14.0 Å². The van der Waals surface area contributed by atoms with Crippen LogP contribution in [-0.2, 0) is 14.3 Å². The molecule has 6 atom stereocenters. The zero-order valence-corrected chi connectivity index (χ0v) is 15.8. The van der Waals surface area contributed by atoms with E-state index in [0.29, 0.717) is 36.1 Å². The smallest absolute Gasteiger partial charge is 0.302 e. The van der Waals surface area contributed by atoms with Crippen LogP contribution in [0, 0.1) is 28.6 Å². The molecule has 0 unspecified atom stereocenters. The monoisotopic (exact) mass is 358 g/mol. The van der Waals surface area contributed by atoms with Crippen LogP contribution < -0.4 is 0 Å². The molecule has 0 N–H and O–H groups in total. The lowest BCUT2D eigenvalue weighted by molar-refractivity contribution is -0.156. The van der Waals surface area contributed by atoms with Gasteiger partial charge in [0.2, 0.25) is 0 Å². The van der Waals surface area contributed by atoms with Gasteiger partial charge in [0.25, 0.3) is 0 Å². The number of ketones is 1. The molecule has 0 aliphatic heterocycles. The molecule has 0 aromatic heterocycles. The standard InChI is InChI=1S/C22H27FO3/c1-13(24)26-20-5-4-17-16-10-14(12-23)19-11-15(25)6-8-21(19,2)18(16)7-9-22(17,20)3/h6,8,11-12,16-18,20H,4-5,7,9-10H2,1-3H3/b14-12+/t16-,17-,18-,20-,21+,22-/m0/s1. The number of allylic oxidation sites excluding steroid dienone is 5. The summed E-state index contributed by atoms with van der Waals surface area (Å²) in [4.78, 5) is 23.4. The van der Waals surface area contributed by atoms with Crippen LogP contribution in [0.2, 0.25) is 0 Å². The molecule has 4 aliphatic carbocycles. The van der Waals surface area contributed by atoms with Crippen LogP contribution in [0.25, 0.3) is 0 Å². The van der Waals surface area contributed by atoms with E-state index >= 15 is 0 Å². The molecular formula is C22H27FO3. The Labute approximate surface area is 154 Å². The SMILES string of the molecule is CC(=O)O[C@H]1CC[C@H]2[C@@H]3C/C(=C\F)C4=CC(=O)C=C[C@]4(C)[C@H]3CC[C@]12C. The van der Waals surface area contributed by atoms with Crippen LogP contribution in [0.4, 0.5) is 4.39 Å². The number of halogens is 1. The fourth-order valence-electron chi connectivity index (χ4n) is 6.58. The molecule has 0 saturated heterocycles. The number of hydrogen-bond acceptors (Lipinski definition) is 3. The topological polar surface area (TPSA) is 43.4 Å². The number of fused-ring (bicyclic) bond motifs is 5. The fraction of sp³-hybridized carbons (Fsp3) is 0.636. The second-order valence-corrected chi connectivity index (χ2v) is 9.01. The molecule has 0 aromatic rings. The Morgan fingerprint density at radius 3 is 2.73 bits per heavy atom. The average Bonchev–Trinajstić information content (AvgIpc) is 2.91. The molecule has 0 spiro atoms. The molecule has 3 saturated carbocycles. The van der Waals surface area contributed by atoms with E-state index in [1.54, 1.807) is 12.2 Å². The first kappa shape index (κ1) is 17.7. The summed E-state index contributed by atoms with van der Waals surface area (Å²) in [5.41, 5.74) is 1.23. The summed E-state index contributed by atoms with van der Waals surface area (Å²) in [5, 5.41) is 0. The molecule has 0 heterocycles. The molecule has 0 bridgehead atoms. The van der Waals surface area contributed by atoms with Crippen molar-refractivity contribution in [2.24, 2.45) is 28.6 Å². The van der Waals surface area contributed by atoms with Gasteiger partial charge in [0.1, 0.15) is 6.10 Å². The second-order valence-electron chi connectivity index (χ2n) is 9.01. The van der Waals surface area contributed by atoms with Gasteiger partial charge in [0.05, 0.1) is 6.33 Å². The Kier molecular flexibility index (Phi) is 4.01. The van der Waals surface area contributed by atoms with Gasteiger partial charge in [-0.25, -0.2) is 4.39 Å². The van der Waals surface area contributed by atoms with Gasteiger partial charge in [0, 0.05) is 17.8 Å². The molecule has 0 aromatic carbocycles. The minimum Gasteiger partial charge on any atom is -0.462 e. The second kappa shape index (κ2) is 5.90. The molecule has 4 heteroatoms. The highest BCUT2D eigenvalue weighted by molar-refractivity contribution is 6.01. The van der Waals surface area contributed by atoms with Gasteiger partial charge in [-0.05, 0) is 73.2 Å². The predicted molar refractivity (Wildman–Crippen MR) is 96.7 cm³/mol. The third kappa shape index (κ3) is 2.37. The van der Waals surface area contributed by atoms with Gasteiger partial charge in [-0.3, -0.25) is 9.59 Å². The van der Waals surface area contributed by atoms with Gasteiger partial charge in [0.15, 0.2) is 5.78 Å². The zero-order chi connectivity index (χ0) is 18.7. The highest BCUT2D eigenvalue weighted by Crippen LogP contribution is 2.65. The van der Waals surface area contributed by atoms with Gasteiger partial charge < -0.3 is 4.74 Å². The Morgan fingerprint density at radius 2 is 2.04 bits per heavy atom. The van der Waals surface area contributed by atoms with Gasteiger partial charge >= 0.3 is 5.97 Å². The number of hydrogen-bond donors (Lipinski definition) is 0. The Balaban J connectivity index is 1.71. The summed E-state index contributed by atoms with van der Waals surface area (Å²) in [6.45, 7) is 5.89. The van der Waals surface area contributed by atoms with Crippen molar-refractivity contribution in [2.45, 2.75) is 59.0 Å². The highest BCUT2D eigenvalue weighted by Gasteiger charge is 2.60. The van der Waals surface area contributed by atoms with Crippen LogP contribution in [0.1, 0.15) is 52.9 Å². The molecule has 4 aliphatic rings. The summed E-state index contributed by atoms with van der Waals surface area (Å²) in [6.07, 6.45) is 10.6. The minimum absolute atomic E-state index is 0.0277. The average molecular weight is 358 g/mol. The van der Waals surface area contributed by atoms with Crippen LogP contribution in [0.3, 0.4) is 0 Å². The van der Waals surface area contributed by atoms with E-state index in [2.05, 4.69) is 13.8 Å². The van der Waals surface area contributed by atoms with Crippen molar-refractivity contribution in [2.75, 3.05) is 0 Å². The number of ether oxygens (including phenoxy) is 1.